The third-order valence-electron chi connectivity index (χ3n) is 6.50. The molecule has 6 nitrogen and oxygen atoms in total. The number of aryl methyl sites for hydroxylation is 1. The summed E-state index contributed by atoms with van der Waals surface area (Å²) < 4.78 is 17.9. The Bertz CT molecular complexity index is 957. The molecule has 0 aromatic heterocycles. The fourth-order valence-electron chi connectivity index (χ4n) is 4.37. The summed E-state index contributed by atoms with van der Waals surface area (Å²) in [4.78, 5) is 21.1. The number of rotatable bonds is 6. The Balaban J connectivity index is 1.46. The minimum Gasteiger partial charge on any atom is -0.504 e. The lowest BCUT2D eigenvalue weighted by Crippen LogP contribution is -2.42. The second kappa shape index (κ2) is 8.85. The van der Waals surface area contributed by atoms with Gasteiger partial charge in [0.2, 0.25) is 5.75 Å². The quantitative estimate of drug-likeness (QED) is 0.757. The summed E-state index contributed by atoms with van der Waals surface area (Å²) in [7, 11) is 0. The van der Waals surface area contributed by atoms with Gasteiger partial charge in [-0.05, 0) is 61.6 Å². The van der Waals surface area contributed by atoms with Crippen molar-refractivity contribution in [2.24, 2.45) is 0 Å². The van der Waals surface area contributed by atoms with Crippen LogP contribution in [-0.4, -0.2) is 52.7 Å². The van der Waals surface area contributed by atoms with E-state index in [1.807, 2.05) is 17.0 Å². The number of hydrogen-bond donors (Lipinski definition) is 1. The average Bonchev–Trinajstić information content (AvgIpc) is 3.24. The maximum absolute atomic E-state index is 13.1. The van der Waals surface area contributed by atoms with Crippen LogP contribution < -0.4 is 4.94 Å². The number of morpholine rings is 1. The Morgan fingerprint density at radius 2 is 1.97 bits per heavy atom. The van der Waals surface area contributed by atoms with Gasteiger partial charge in [-0.2, -0.15) is 0 Å². The summed E-state index contributed by atoms with van der Waals surface area (Å²) in [5.41, 5.74) is 3.88. The highest BCUT2D eigenvalue weighted by molar-refractivity contribution is 5.96. The van der Waals surface area contributed by atoms with E-state index in [4.69, 9.17) is 4.74 Å². The Kier molecular flexibility index (Phi) is 6.16. The molecule has 2 aromatic carbocycles. The third-order valence-corrected chi connectivity index (χ3v) is 6.50. The van der Waals surface area contributed by atoms with Crippen LogP contribution in [0.2, 0.25) is 0 Å². The van der Waals surface area contributed by atoms with Crippen molar-refractivity contribution in [3.8, 4) is 11.5 Å². The Labute approximate surface area is 182 Å². The van der Waals surface area contributed by atoms with E-state index < -0.39 is 0 Å². The summed E-state index contributed by atoms with van der Waals surface area (Å²) in [5.74, 6) is -0.282. The first kappa shape index (κ1) is 21.6. The van der Waals surface area contributed by atoms with E-state index in [-0.39, 0.29) is 22.9 Å². The number of amides is 1. The van der Waals surface area contributed by atoms with Crippen LogP contribution >= 0.6 is 0 Å². The third kappa shape index (κ3) is 4.52. The number of hydrogen-bond acceptors (Lipinski definition) is 5. The number of phenols is 1. The first-order chi connectivity index (χ1) is 14.9. The number of benzene rings is 2. The summed E-state index contributed by atoms with van der Waals surface area (Å²) in [5, 5.41) is 9.59. The first-order valence-electron chi connectivity index (χ1n) is 10.7. The van der Waals surface area contributed by atoms with E-state index in [0.29, 0.717) is 26.3 Å². The summed E-state index contributed by atoms with van der Waals surface area (Å²) in [6, 6.07) is 10.8. The molecule has 2 aliphatic heterocycles. The van der Waals surface area contributed by atoms with E-state index in [1.54, 1.807) is 6.07 Å². The number of carbonyl (C=O) groups is 1. The molecular weight excluding hydrogens is 399 g/mol. The molecule has 1 amide bonds. The van der Waals surface area contributed by atoms with Gasteiger partial charge in [-0.25, -0.2) is 0 Å². The van der Waals surface area contributed by atoms with E-state index in [9.17, 15) is 14.4 Å². The average molecular weight is 429 g/mol. The normalized spacial score (nSPS) is 16.9. The molecule has 2 aliphatic rings. The topological polar surface area (TPSA) is 62.2 Å². The molecule has 31 heavy (non-hydrogen) atoms. The largest absolute Gasteiger partial charge is 0.504 e. The highest BCUT2D eigenvalue weighted by Gasteiger charge is 2.34. The molecule has 4 rings (SSSR count). The minimum absolute atomic E-state index is 0.0858. The smallest absolute Gasteiger partial charge is 0.254 e. The summed E-state index contributed by atoms with van der Waals surface area (Å²) in [6.45, 7) is 8.34. The molecule has 2 heterocycles. The van der Waals surface area contributed by atoms with Crippen LogP contribution in [0, 0.1) is 0 Å². The zero-order valence-electron chi connectivity index (χ0n) is 18.1. The number of nitrogens with zero attached hydrogens (tertiary/aromatic N) is 2. The molecule has 0 unspecified atom stereocenters. The zero-order chi connectivity index (χ0) is 22.0. The predicted octanol–water partition coefficient (Wildman–Crippen LogP) is 3.85. The van der Waals surface area contributed by atoms with Crippen LogP contribution in [0.1, 0.15) is 47.3 Å². The van der Waals surface area contributed by atoms with Gasteiger partial charge >= 0.3 is 0 Å². The van der Waals surface area contributed by atoms with Crippen molar-refractivity contribution in [3.63, 3.8) is 0 Å². The maximum Gasteiger partial charge on any atom is 0.254 e. The van der Waals surface area contributed by atoms with Crippen molar-refractivity contribution < 1.29 is 24.1 Å². The van der Waals surface area contributed by atoms with Crippen molar-refractivity contribution in [2.45, 2.75) is 45.3 Å². The first-order valence-corrected chi connectivity index (χ1v) is 10.7. The van der Waals surface area contributed by atoms with Crippen molar-refractivity contribution in [2.75, 3.05) is 26.3 Å². The lowest BCUT2D eigenvalue weighted by atomic mass is 9.93. The molecule has 0 saturated carbocycles. The van der Waals surface area contributed by atoms with E-state index in [2.05, 4.69) is 29.8 Å². The number of ether oxygens (including phenoxy) is 1. The molecule has 0 bridgehead atoms. The fourth-order valence-corrected chi connectivity index (χ4v) is 4.37. The number of phenolic OH excluding ortho intramolecular Hbond substituents is 1. The molecule has 0 atom stereocenters. The lowest BCUT2D eigenvalue weighted by molar-refractivity contribution is -0.00904. The van der Waals surface area contributed by atoms with Gasteiger partial charge in [-0.15, -0.1) is 0 Å². The minimum atomic E-state index is -0.210. The highest BCUT2D eigenvalue weighted by Crippen LogP contribution is 2.35. The van der Waals surface area contributed by atoms with Crippen LogP contribution in [0.25, 0.3) is 0 Å². The van der Waals surface area contributed by atoms with Crippen LogP contribution in [0.15, 0.2) is 36.4 Å². The van der Waals surface area contributed by atoms with Crippen LogP contribution in [0.3, 0.4) is 0 Å². The summed E-state index contributed by atoms with van der Waals surface area (Å²) >= 11 is 0. The van der Waals surface area contributed by atoms with Crippen molar-refractivity contribution in [3.05, 3.63) is 58.7 Å². The van der Waals surface area contributed by atoms with E-state index in [0.717, 1.165) is 42.6 Å². The predicted molar refractivity (Wildman–Crippen MR) is 115 cm³/mol. The van der Waals surface area contributed by atoms with Gasteiger partial charge in [-0.3, -0.25) is 14.6 Å². The molecule has 1 saturated heterocycles. The molecule has 2 aromatic rings. The Morgan fingerprint density at radius 1 is 1.19 bits per heavy atom. The Hall–Kier alpha value is -2.64. The van der Waals surface area contributed by atoms with Crippen LogP contribution in [0.5, 0.6) is 11.5 Å². The monoisotopic (exact) mass is 428 g/mol. The van der Waals surface area contributed by atoms with Gasteiger partial charge in [0.25, 0.3) is 5.91 Å². The van der Waals surface area contributed by atoms with Gasteiger partial charge in [0.1, 0.15) is 0 Å². The molecule has 0 spiro atoms. The molecule has 166 valence electrons. The van der Waals surface area contributed by atoms with Crippen molar-refractivity contribution in [1.82, 2.24) is 9.80 Å². The molecule has 1 fully saturated rings. The van der Waals surface area contributed by atoms with Gasteiger partial charge in [-0.1, -0.05) is 18.2 Å². The maximum atomic E-state index is 13.1. The molecule has 7 heteroatoms. The zero-order valence-corrected chi connectivity index (χ0v) is 18.1. The number of aromatic hydroxyl groups is 1. The van der Waals surface area contributed by atoms with Gasteiger partial charge in [0, 0.05) is 41.8 Å². The fraction of sp³-hybridized carbons (Fsp3) is 0.458. The van der Waals surface area contributed by atoms with Gasteiger partial charge < -0.3 is 14.7 Å². The standard InChI is InChI=1S/C24H29FN2O4/c1-24(2,9-8-17-6-7-21(28)22(14-17)31-25)27-15-18-4-3-5-19(20(18)16-27)23(29)26-10-12-30-13-11-26/h3-7,14,28H,8-13,15-16H2,1-2H3. The summed E-state index contributed by atoms with van der Waals surface area (Å²) in [6.07, 6.45) is 1.56. The second-order valence-corrected chi connectivity index (χ2v) is 8.90. The van der Waals surface area contributed by atoms with Crippen molar-refractivity contribution >= 4 is 5.91 Å². The number of carbonyl (C=O) groups excluding carboxylic acids is 1. The van der Waals surface area contributed by atoms with E-state index >= 15 is 0 Å². The van der Waals surface area contributed by atoms with Crippen molar-refractivity contribution in [1.29, 1.82) is 0 Å². The molecule has 1 N–H and O–H groups in total. The van der Waals surface area contributed by atoms with Gasteiger partial charge in [0.05, 0.1) is 13.2 Å². The second-order valence-electron chi connectivity index (χ2n) is 8.90. The highest BCUT2D eigenvalue weighted by atomic mass is 19.3. The van der Waals surface area contributed by atoms with Crippen LogP contribution in [0.4, 0.5) is 4.53 Å². The molecular formula is C24H29FN2O4. The molecule has 0 aliphatic carbocycles. The lowest BCUT2D eigenvalue weighted by Gasteiger charge is -2.35. The van der Waals surface area contributed by atoms with E-state index in [1.165, 1.54) is 17.7 Å². The number of halogens is 1. The van der Waals surface area contributed by atoms with Crippen LogP contribution in [-0.2, 0) is 24.2 Å². The number of fused-ring (bicyclic) bond motifs is 1. The van der Waals surface area contributed by atoms with Gasteiger partial charge in [0.15, 0.2) is 5.75 Å². The Morgan fingerprint density at radius 3 is 2.71 bits per heavy atom. The molecule has 0 radical (unpaired) electrons. The SMILES string of the molecule is CC(C)(CCc1ccc(O)c(OF)c1)N1Cc2cccc(C(=O)N3CCOCC3)c2C1.